The van der Waals surface area contributed by atoms with Crippen LogP contribution in [0.25, 0.3) is 0 Å². The Kier molecular flexibility index (Phi) is 6.22. The third-order valence-electron chi connectivity index (χ3n) is 2.78. The number of amides is 2. The Balaban J connectivity index is 2.88. The number of carbonyl (C=O) groups excluding carboxylic acids is 1. The van der Waals surface area contributed by atoms with Crippen LogP contribution >= 0.6 is 31.9 Å². The zero-order valence-electron chi connectivity index (χ0n) is 12.1. The van der Waals surface area contributed by atoms with Crippen LogP contribution in [-0.4, -0.2) is 34.1 Å². The van der Waals surface area contributed by atoms with E-state index in [9.17, 15) is 9.59 Å². The number of anilines is 1. The van der Waals surface area contributed by atoms with Crippen LogP contribution in [0.15, 0.2) is 27.1 Å². The first-order valence-electron chi connectivity index (χ1n) is 6.36. The van der Waals surface area contributed by atoms with Gasteiger partial charge in [-0.25, -0.2) is 4.79 Å². The van der Waals surface area contributed by atoms with E-state index >= 15 is 0 Å². The molecule has 0 atom stereocenters. The van der Waals surface area contributed by atoms with Gasteiger partial charge in [0.05, 0.1) is 12.1 Å². The number of carboxylic acids is 1. The van der Waals surface area contributed by atoms with Gasteiger partial charge in [0, 0.05) is 21.0 Å². The van der Waals surface area contributed by atoms with Crippen molar-refractivity contribution in [3.05, 3.63) is 27.1 Å². The minimum atomic E-state index is -0.929. The van der Waals surface area contributed by atoms with Crippen LogP contribution in [0.4, 0.5) is 10.5 Å². The topological polar surface area (TPSA) is 69.6 Å². The van der Waals surface area contributed by atoms with Gasteiger partial charge in [0.1, 0.15) is 0 Å². The summed E-state index contributed by atoms with van der Waals surface area (Å²) in [6.45, 7) is 5.75. The molecule has 0 heterocycles. The number of rotatable bonds is 4. The van der Waals surface area contributed by atoms with Crippen molar-refractivity contribution in [2.75, 3.05) is 11.9 Å². The summed E-state index contributed by atoms with van der Waals surface area (Å²) in [4.78, 5) is 24.6. The lowest BCUT2D eigenvalue weighted by Gasteiger charge is -2.35. The molecule has 0 fully saturated rings. The Morgan fingerprint density at radius 3 is 2.38 bits per heavy atom. The second kappa shape index (κ2) is 7.26. The Hall–Kier alpha value is -1.08. The molecule has 0 bridgehead atoms. The van der Waals surface area contributed by atoms with E-state index in [4.69, 9.17) is 5.11 Å². The predicted octanol–water partition coefficient (Wildman–Crippen LogP) is 4.32. The summed E-state index contributed by atoms with van der Waals surface area (Å²) in [6.07, 6.45) is -0.0911. The lowest BCUT2D eigenvalue weighted by atomic mass is 10.1. The second-order valence-electron chi connectivity index (χ2n) is 5.52. The van der Waals surface area contributed by atoms with Gasteiger partial charge in [-0.15, -0.1) is 0 Å². The molecule has 2 amide bonds. The van der Waals surface area contributed by atoms with Gasteiger partial charge in [-0.05, 0) is 54.9 Å². The molecule has 0 aromatic heterocycles. The molecule has 2 N–H and O–H groups in total. The van der Waals surface area contributed by atoms with E-state index in [0.29, 0.717) is 5.69 Å². The van der Waals surface area contributed by atoms with Crippen molar-refractivity contribution in [2.24, 2.45) is 0 Å². The number of urea groups is 1. The SMILES string of the molecule is CC(C)(C)N(CCC(=O)O)C(=O)Nc1ccc(Br)cc1Br. The Morgan fingerprint density at radius 1 is 1.29 bits per heavy atom. The summed E-state index contributed by atoms with van der Waals surface area (Å²) < 4.78 is 1.64. The molecule has 0 aliphatic heterocycles. The summed E-state index contributed by atoms with van der Waals surface area (Å²) in [6, 6.07) is 5.09. The van der Waals surface area contributed by atoms with Gasteiger partial charge in [0.2, 0.25) is 0 Å². The maximum Gasteiger partial charge on any atom is 0.322 e. The molecule has 0 radical (unpaired) electrons. The molecule has 116 valence electrons. The maximum atomic E-state index is 12.4. The molecule has 1 aromatic rings. The van der Waals surface area contributed by atoms with Crippen molar-refractivity contribution in [3.8, 4) is 0 Å². The van der Waals surface area contributed by atoms with Crippen LogP contribution < -0.4 is 5.32 Å². The highest BCUT2D eigenvalue weighted by atomic mass is 79.9. The van der Waals surface area contributed by atoms with Crippen LogP contribution in [0.5, 0.6) is 0 Å². The number of hydrogen-bond donors (Lipinski definition) is 2. The molecule has 21 heavy (non-hydrogen) atoms. The molecule has 0 aliphatic rings. The highest BCUT2D eigenvalue weighted by Crippen LogP contribution is 2.27. The van der Waals surface area contributed by atoms with E-state index in [-0.39, 0.29) is 19.0 Å². The Morgan fingerprint density at radius 2 is 1.90 bits per heavy atom. The smallest absolute Gasteiger partial charge is 0.322 e. The van der Waals surface area contributed by atoms with Crippen LogP contribution in [0, 0.1) is 0 Å². The standard InChI is InChI=1S/C14H18Br2N2O3/c1-14(2,3)18(7-6-12(19)20)13(21)17-11-5-4-9(15)8-10(11)16/h4-5,8H,6-7H2,1-3H3,(H,17,21)(H,19,20). The largest absolute Gasteiger partial charge is 0.481 e. The number of carbonyl (C=O) groups is 2. The summed E-state index contributed by atoms with van der Waals surface area (Å²) in [5.41, 5.74) is 0.161. The molecule has 0 unspecified atom stereocenters. The maximum absolute atomic E-state index is 12.4. The number of nitrogens with one attached hydrogen (secondary N) is 1. The molecule has 0 saturated carbocycles. The van der Waals surface area contributed by atoms with Gasteiger partial charge in [-0.2, -0.15) is 0 Å². The molecule has 0 spiro atoms. The normalized spacial score (nSPS) is 11.1. The Bertz CT molecular complexity index is 542. The van der Waals surface area contributed by atoms with Gasteiger partial charge >= 0.3 is 12.0 Å². The van der Waals surface area contributed by atoms with Crippen LogP contribution in [0.3, 0.4) is 0 Å². The first-order chi connectivity index (χ1) is 9.61. The summed E-state index contributed by atoms with van der Waals surface area (Å²) >= 11 is 6.73. The van der Waals surface area contributed by atoms with E-state index in [1.54, 1.807) is 6.07 Å². The van der Waals surface area contributed by atoms with Crippen molar-refractivity contribution in [1.82, 2.24) is 4.90 Å². The summed E-state index contributed by atoms with van der Waals surface area (Å²) in [5.74, 6) is -0.929. The van der Waals surface area contributed by atoms with E-state index in [0.717, 1.165) is 8.95 Å². The van der Waals surface area contributed by atoms with E-state index in [1.165, 1.54) is 4.90 Å². The summed E-state index contributed by atoms with van der Waals surface area (Å²) in [5, 5.41) is 11.6. The van der Waals surface area contributed by atoms with Crippen molar-refractivity contribution in [1.29, 1.82) is 0 Å². The molecule has 7 heteroatoms. The van der Waals surface area contributed by atoms with Crippen molar-refractivity contribution >= 4 is 49.5 Å². The zero-order chi connectivity index (χ0) is 16.2. The average Bonchev–Trinajstić information content (AvgIpc) is 2.30. The third kappa shape index (κ3) is 5.67. The number of carboxylic acid groups (broad SMARTS) is 1. The number of hydrogen-bond acceptors (Lipinski definition) is 2. The van der Waals surface area contributed by atoms with Crippen LogP contribution in [0.1, 0.15) is 27.2 Å². The Labute approximate surface area is 141 Å². The monoisotopic (exact) mass is 420 g/mol. The molecule has 5 nitrogen and oxygen atoms in total. The van der Waals surface area contributed by atoms with Gasteiger partial charge in [0.25, 0.3) is 0 Å². The quantitative estimate of drug-likeness (QED) is 0.760. The summed E-state index contributed by atoms with van der Waals surface area (Å²) in [7, 11) is 0. The minimum Gasteiger partial charge on any atom is -0.481 e. The molecular formula is C14H18Br2N2O3. The van der Waals surface area contributed by atoms with Gasteiger partial charge in [0.15, 0.2) is 0 Å². The predicted molar refractivity (Wildman–Crippen MR) is 89.6 cm³/mol. The lowest BCUT2D eigenvalue weighted by Crippen LogP contribution is -2.48. The van der Waals surface area contributed by atoms with Crippen molar-refractivity contribution in [3.63, 3.8) is 0 Å². The van der Waals surface area contributed by atoms with Gasteiger partial charge < -0.3 is 15.3 Å². The van der Waals surface area contributed by atoms with Gasteiger partial charge in [-0.3, -0.25) is 4.79 Å². The first-order valence-corrected chi connectivity index (χ1v) is 7.95. The van der Waals surface area contributed by atoms with Crippen molar-refractivity contribution < 1.29 is 14.7 Å². The number of benzene rings is 1. The van der Waals surface area contributed by atoms with Crippen molar-refractivity contribution in [2.45, 2.75) is 32.7 Å². The lowest BCUT2D eigenvalue weighted by molar-refractivity contribution is -0.137. The molecular weight excluding hydrogens is 404 g/mol. The fourth-order valence-electron chi connectivity index (χ4n) is 1.72. The minimum absolute atomic E-state index is 0.0911. The highest BCUT2D eigenvalue weighted by Gasteiger charge is 2.27. The van der Waals surface area contributed by atoms with Crippen LogP contribution in [0.2, 0.25) is 0 Å². The van der Waals surface area contributed by atoms with E-state index in [1.807, 2.05) is 32.9 Å². The first kappa shape index (κ1) is 18.0. The van der Waals surface area contributed by atoms with E-state index in [2.05, 4.69) is 37.2 Å². The molecule has 0 aliphatic carbocycles. The highest BCUT2D eigenvalue weighted by molar-refractivity contribution is 9.11. The second-order valence-corrected chi connectivity index (χ2v) is 7.29. The number of nitrogens with zero attached hydrogens (tertiary/aromatic N) is 1. The third-order valence-corrected chi connectivity index (χ3v) is 3.93. The van der Waals surface area contributed by atoms with Crippen LogP contribution in [-0.2, 0) is 4.79 Å². The molecule has 1 rings (SSSR count). The fourth-order valence-corrected chi connectivity index (χ4v) is 2.87. The zero-order valence-corrected chi connectivity index (χ0v) is 15.3. The molecule has 1 aromatic carbocycles. The molecule has 0 saturated heterocycles. The van der Waals surface area contributed by atoms with E-state index < -0.39 is 11.5 Å². The number of halogens is 2. The average molecular weight is 422 g/mol. The van der Waals surface area contributed by atoms with Gasteiger partial charge in [-0.1, -0.05) is 15.9 Å². The number of aliphatic carboxylic acids is 1. The fraction of sp³-hybridized carbons (Fsp3) is 0.429.